The van der Waals surface area contributed by atoms with Gasteiger partial charge in [-0.2, -0.15) is 5.10 Å². The first-order valence-electron chi connectivity index (χ1n) is 10.5. The Morgan fingerprint density at radius 1 is 0.941 bits per heavy atom. The number of anilines is 1. The molecule has 4 rings (SSSR count). The zero-order valence-electron chi connectivity index (χ0n) is 18.2. The second-order valence-corrected chi connectivity index (χ2v) is 10.0. The first-order chi connectivity index (χ1) is 16.3. The molecule has 2 atom stereocenters. The molecule has 0 radical (unpaired) electrons. The third-order valence-corrected chi connectivity index (χ3v) is 8.33. The Hall–Kier alpha value is -3.88. The van der Waals surface area contributed by atoms with Crippen molar-refractivity contribution in [3.05, 3.63) is 110 Å². The number of hydrazone groups is 1. The maximum absolute atomic E-state index is 14.4. The van der Waals surface area contributed by atoms with Crippen LogP contribution in [-0.4, -0.2) is 28.5 Å². The van der Waals surface area contributed by atoms with Gasteiger partial charge in [0.05, 0.1) is 34.3 Å². The van der Waals surface area contributed by atoms with E-state index in [1.165, 1.54) is 36.4 Å². The number of nitrogens with zero attached hydrogens (tertiary/aromatic N) is 4. The molecule has 0 bridgehead atoms. The van der Waals surface area contributed by atoms with Gasteiger partial charge in [0.25, 0.3) is 18.7 Å². The van der Waals surface area contributed by atoms with Crippen molar-refractivity contribution in [3.8, 4) is 0 Å². The van der Waals surface area contributed by atoms with Crippen molar-refractivity contribution in [2.24, 2.45) is 5.10 Å². The molecule has 174 valence electrons. The summed E-state index contributed by atoms with van der Waals surface area (Å²) in [5.74, 6) is 0. The van der Waals surface area contributed by atoms with E-state index >= 15 is 0 Å². The van der Waals surface area contributed by atoms with Gasteiger partial charge < -0.3 is 4.52 Å². The van der Waals surface area contributed by atoms with Crippen molar-refractivity contribution in [1.29, 1.82) is 0 Å². The Balaban J connectivity index is 1.87. The highest BCUT2D eigenvalue weighted by Gasteiger charge is 2.46. The highest BCUT2D eigenvalue weighted by atomic mass is 31.2. The average molecular weight is 480 g/mol. The lowest BCUT2D eigenvalue weighted by molar-refractivity contribution is -0.385. The van der Waals surface area contributed by atoms with E-state index in [9.17, 15) is 24.8 Å². The molecule has 0 aliphatic carbocycles. The number of benzene rings is 3. The maximum Gasteiger partial charge on any atom is 0.269 e. The molecule has 3 aromatic carbocycles. The molecule has 10 nitrogen and oxygen atoms in total. The van der Waals surface area contributed by atoms with Gasteiger partial charge in [-0.1, -0.05) is 30.3 Å². The van der Waals surface area contributed by atoms with Gasteiger partial charge in [0.1, 0.15) is 0 Å². The second kappa shape index (κ2) is 9.54. The Labute approximate surface area is 195 Å². The first-order valence-corrected chi connectivity index (χ1v) is 12.2. The molecule has 0 amide bonds. The zero-order valence-corrected chi connectivity index (χ0v) is 19.1. The van der Waals surface area contributed by atoms with Crippen molar-refractivity contribution in [2.45, 2.75) is 12.6 Å². The highest BCUT2D eigenvalue weighted by molar-refractivity contribution is 7.77. The summed E-state index contributed by atoms with van der Waals surface area (Å²) in [5.41, 5.74) is 1.26. The van der Waals surface area contributed by atoms with Crippen LogP contribution < -0.4 is 5.01 Å². The Kier molecular flexibility index (Phi) is 6.54. The van der Waals surface area contributed by atoms with Gasteiger partial charge in [-0.3, -0.25) is 29.8 Å². The number of non-ortho nitro benzene ring substituents is 2. The molecule has 0 spiro atoms. The predicted molar refractivity (Wildman–Crippen MR) is 128 cm³/mol. The molecule has 0 N–H and O–H groups in total. The molecular formula is C23H21N4O6P. The van der Waals surface area contributed by atoms with Crippen molar-refractivity contribution in [3.63, 3.8) is 0 Å². The van der Waals surface area contributed by atoms with E-state index in [1.807, 2.05) is 30.3 Å². The number of rotatable bonds is 7. The molecule has 3 aromatic rings. The molecule has 0 saturated heterocycles. The SMILES string of the molecule is CCO[P@]1(=O)C(c2ccc([N+](=O)[O-])cc2)=NN(c2ccc([N+](=O)[O-])cc2)C[C@H]1c1ccccc1. The quantitative estimate of drug-likeness (QED) is 0.239. The Bertz CT molecular complexity index is 1280. The van der Waals surface area contributed by atoms with E-state index < -0.39 is 22.9 Å². The zero-order chi connectivity index (χ0) is 24.3. The lowest BCUT2D eigenvalue weighted by Crippen LogP contribution is -2.32. The monoisotopic (exact) mass is 480 g/mol. The van der Waals surface area contributed by atoms with Crippen molar-refractivity contribution < 1.29 is 18.9 Å². The topological polar surface area (TPSA) is 128 Å². The Morgan fingerprint density at radius 2 is 1.50 bits per heavy atom. The van der Waals surface area contributed by atoms with Crippen LogP contribution in [0.2, 0.25) is 0 Å². The van der Waals surface area contributed by atoms with Gasteiger partial charge in [-0.15, -0.1) is 0 Å². The minimum atomic E-state index is -3.57. The summed E-state index contributed by atoms with van der Waals surface area (Å²) in [6.45, 7) is 2.15. The van der Waals surface area contributed by atoms with E-state index in [-0.39, 0.29) is 30.0 Å². The minimum absolute atomic E-state index is 0.0556. The molecule has 0 aromatic heterocycles. The fourth-order valence-corrected chi connectivity index (χ4v) is 6.49. The fraction of sp³-hybridized carbons (Fsp3) is 0.174. The summed E-state index contributed by atoms with van der Waals surface area (Å²) in [6.07, 6.45) is 0. The van der Waals surface area contributed by atoms with E-state index in [4.69, 9.17) is 4.52 Å². The van der Waals surface area contributed by atoms with Crippen LogP contribution in [-0.2, 0) is 9.09 Å². The summed E-state index contributed by atoms with van der Waals surface area (Å²) >= 11 is 0. The predicted octanol–water partition coefficient (Wildman–Crippen LogP) is 5.74. The van der Waals surface area contributed by atoms with Crippen LogP contribution in [0, 0.1) is 20.2 Å². The van der Waals surface area contributed by atoms with Crippen LogP contribution in [0.1, 0.15) is 23.7 Å². The van der Waals surface area contributed by atoms with Gasteiger partial charge in [0.2, 0.25) is 0 Å². The van der Waals surface area contributed by atoms with Gasteiger partial charge in [-0.25, -0.2) is 0 Å². The number of hydrogen-bond donors (Lipinski definition) is 0. The second-order valence-electron chi connectivity index (χ2n) is 7.52. The molecule has 0 fully saturated rings. The summed E-state index contributed by atoms with van der Waals surface area (Å²) in [4.78, 5) is 21.2. The van der Waals surface area contributed by atoms with E-state index in [0.29, 0.717) is 11.3 Å². The van der Waals surface area contributed by atoms with E-state index in [1.54, 1.807) is 24.1 Å². The molecular weight excluding hydrogens is 459 g/mol. The molecule has 1 aliphatic heterocycles. The largest absolute Gasteiger partial charge is 0.324 e. The molecule has 0 unspecified atom stereocenters. The summed E-state index contributed by atoms with van der Waals surface area (Å²) in [5, 5.41) is 28.4. The van der Waals surface area contributed by atoms with Gasteiger partial charge >= 0.3 is 0 Å². The van der Waals surface area contributed by atoms with E-state index in [2.05, 4.69) is 5.10 Å². The molecule has 34 heavy (non-hydrogen) atoms. The van der Waals surface area contributed by atoms with Gasteiger partial charge in [0.15, 0.2) is 5.45 Å². The molecule has 11 heteroatoms. The van der Waals surface area contributed by atoms with Crippen molar-refractivity contribution >= 4 is 29.9 Å². The first kappa shape index (κ1) is 23.3. The molecule has 1 aliphatic rings. The van der Waals surface area contributed by atoms with Crippen LogP contribution in [0.25, 0.3) is 0 Å². The maximum atomic E-state index is 14.4. The number of nitro benzene ring substituents is 2. The van der Waals surface area contributed by atoms with E-state index in [0.717, 1.165) is 5.56 Å². The lowest BCUT2D eigenvalue weighted by Gasteiger charge is -2.37. The third-order valence-electron chi connectivity index (χ3n) is 5.47. The normalized spacial score (nSPS) is 20.0. The summed E-state index contributed by atoms with van der Waals surface area (Å²) in [6, 6.07) is 20.9. The highest BCUT2D eigenvalue weighted by Crippen LogP contribution is 2.64. The number of nitro groups is 2. The third kappa shape index (κ3) is 4.46. The number of hydrogen-bond acceptors (Lipinski definition) is 8. The van der Waals surface area contributed by atoms with Gasteiger partial charge in [-0.05, 0) is 36.8 Å². The van der Waals surface area contributed by atoms with Crippen LogP contribution in [0.4, 0.5) is 17.1 Å². The van der Waals surface area contributed by atoms with Crippen LogP contribution >= 0.6 is 7.37 Å². The molecule has 0 saturated carbocycles. The average Bonchev–Trinajstić information content (AvgIpc) is 2.85. The van der Waals surface area contributed by atoms with Crippen molar-refractivity contribution in [2.75, 3.05) is 18.2 Å². The minimum Gasteiger partial charge on any atom is -0.324 e. The van der Waals surface area contributed by atoms with Crippen LogP contribution in [0.5, 0.6) is 0 Å². The fourth-order valence-electron chi connectivity index (χ4n) is 3.84. The van der Waals surface area contributed by atoms with Crippen LogP contribution in [0.3, 0.4) is 0 Å². The smallest absolute Gasteiger partial charge is 0.269 e. The Morgan fingerprint density at radius 3 is 2.03 bits per heavy atom. The standard InChI is InChI=1S/C23H21N4O6P/c1-2-33-34(32)22(17-6-4-3-5-7-17)16-25(19-12-14-21(15-13-19)27(30)31)24-23(34)18-8-10-20(11-9-18)26(28)29/h3-15,22H,2,16H2,1H3/t22-,34-/m0/s1. The molecule has 1 heterocycles. The van der Waals surface area contributed by atoms with Crippen LogP contribution in [0.15, 0.2) is 84.0 Å². The summed E-state index contributed by atoms with van der Waals surface area (Å²) in [7, 11) is -3.57. The van der Waals surface area contributed by atoms with Crippen molar-refractivity contribution in [1.82, 2.24) is 0 Å². The van der Waals surface area contributed by atoms with Gasteiger partial charge in [0, 0.05) is 29.8 Å². The lowest BCUT2D eigenvalue weighted by atomic mass is 10.1. The summed E-state index contributed by atoms with van der Waals surface area (Å²) < 4.78 is 20.3.